The number of rotatable bonds is 6. The molecule has 2 nitrogen and oxygen atoms in total. The summed E-state index contributed by atoms with van der Waals surface area (Å²) in [5.41, 5.74) is 1.07. The molecule has 0 saturated heterocycles. The molecule has 1 rings (SSSR count). The van der Waals surface area contributed by atoms with Gasteiger partial charge < -0.3 is 5.11 Å². The monoisotopic (exact) mass is 207 g/mol. The van der Waals surface area contributed by atoms with Crippen molar-refractivity contribution in [2.45, 2.75) is 45.6 Å². The molecule has 0 aromatic carbocycles. The number of nitrogens with zero attached hydrogens (tertiary/aromatic N) is 1. The highest BCUT2D eigenvalue weighted by atomic mass is 16.3. The number of aliphatic hydroxyl groups is 1. The third kappa shape index (κ3) is 4.00. The van der Waals surface area contributed by atoms with Crippen LogP contribution in [0.25, 0.3) is 0 Å². The lowest BCUT2D eigenvalue weighted by Crippen LogP contribution is -2.19. The van der Waals surface area contributed by atoms with E-state index in [2.05, 4.69) is 18.8 Å². The Bertz CT molecular complexity index is 256. The van der Waals surface area contributed by atoms with Crippen LogP contribution in [-0.4, -0.2) is 16.2 Å². The molecule has 0 amide bonds. The standard InChI is InChI=1S/C13H21NO/c1-3-11(4-2)13(15)9-8-12-7-5-6-10-14-12/h5-7,10-11,13,15H,3-4,8-9H2,1-2H3. The van der Waals surface area contributed by atoms with Gasteiger partial charge in [-0.25, -0.2) is 0 Å². The third-order valence-corrected chi connectivity index (χ3v) is 3.02. The van der Waals surface area contributed by atoms with Gasteiger partial charge in [0.15, 0.2) is 0 Å². The van der Waals surface area contributed by atoms with Crippen molar-refractivity contribution in [1.82, 2.24) is 4.98 Å². The average Bonchev–Trinajstić information content (AvgIpc) is 2.29. The molecule has 0 radical (unpaired) electrons. The molecule has 0 bridgehead atoms. The summed E-state index contributed by atoms with van der Waals surface area (Å²) in [7, 11) is 0. The maximum absolute atomic E-state index is 9.94. The first-order chi connectivity index (χ1) is 7.27. The van der Waals surface area contributed by atoms with Crippen LogP contribution in [0.1, 0.15) is 38.8 Å². The Morgan fingerprint density at radius 3 is 2.53 bits per heavy atom. The van der Waals surface area contributed by atoms with E-state index in [0.29, 0.717) is 5.92 Å². The Morgan fingerprint density at radius 2 is 2.00 bits per heavy atom. The summed E-state index contributed by atoms with van der Waals surface area (Å²) >= 11 is 0. The van der Waals surface area contributed by atoms with Crippen LogP contribution in [0.2, 0.25) is 0 Å². The lowest BCUT2D eigenvalue weighted by molar-refractivity contribution is 0.0942. The fraction of sp³-hybridized carbons (Fsp3) is 0.615. The Balaban J connectivity index is 2.36. The highest BCUT2D eigenvalue weighted by molar-refractivity contribution is 5.03. The number of pyridine rings is 1. The molecule has 0 aliphatic carbocycles. The first-order valence-electron chi connectivity index (χ1n) is 5.85. The Hall–Kier alpha value is -0.890. The highest BCUT2D eigenvalue weighted by Gasteiger charge is 2.14. The SMILES string of the molecule is CCC(CC)C(O)CCc1ccccn1. The molecule has 0 saturated carbocycles. The van der Waals surface area contributed by atoms with E-state index in [0.717, 1.165) is 31.4 Å². The van der Waals surface area contributed by atoms with Gasteiger partial charge in [-0.1, -0.05) is 32.8 Å². The largest absolute Gasteiger partial charge is 0.393 e. The molecule has 0 fully saturated rings. The van der Waals surface area contributed by atoms with Crippen LogP contribution in [0.5, 0.6) is 0 Å². The molecule has 84 valence electrons. The van der Waals surface area contributed by atoms with Gasteiger partial charge in [-0.3, -0.25) is 4.98 Å². The Morgan fingerprint density at radius 1 is 1.27 bits per heavy atom. The minimum Gasteiger partial charge on any atom is -0.393 e. The van der Waals surface area contributed by atoms with Crippen molar-refractivity contribution in [2.75, 3.05) is 0 Å². The minimum absolute atomic E-state index is 0.179. The molecule has 2 heteroatoms. The molecular weight excluding hydrogens is 186 g/mol. The van der Waals surface area contributed by atoms with Crippen molar-refractivity contribution in [1.29, 1.82) is 0 Å². The van der Waals surface area contributed by atoms with Gasteiger partial charge in [-0.15, -0.1) is 0 Å². The molecule has 1 aromatic rings. The zero-order valence-corrected chi connectivity index (χ0v) is 9.69. The van der Waals surface area contributed by atoms with Gasteiger partial charge in [0.1, 0.15) is 0 Å². The number of hydrogen-bond acceptors (Lipinski definition) is 2. The summed E-state index contributed by atoms with van der Waals surface area (Å²) < 4.78 is 0. The fourth-order valence-corrected chi connectivity index (χ4v) is 1.91. The molecule has 0 spiro atoms. The fourth-order valence-electron chi connectivity index (χ4n) is 1.91. The van der Waals surface area contributed by atoms with E-state index in [1.54, 1.807) is 6.20 Å². The van der Waals surface area contributed by atoms with E-state index < -0.39 is 0 Å². The van der Waals surface area contributed by atoms with Crippen LogP contribution in [0.15, 0.2) is 24.4 Å². The highest BCUT2D eigenvalue weighted by Crippen LogP contribution is 2.17. The molecule has 0 aliphatic rings. The summed E-state index contributed by atoms with van der Waals surface area (Å²) in [6, 6.07) is 5.92. The predicted octanol–water partition coefficient (Wildman–Crippen LogP) is 2.81. The van der Waals surface area contributed by atoms with Crippen molar-refractivity contribution in [3.05, 3.63) is 30.1 Å². The van der Waals surface area contributed by atoms with Crippen LogP contribution < -0.4 is 0 Å². The summed E-state index contributed by atoms with van der Waals surface area (Å²) in [4.78, 5) is 4.25. The maximum atomic E-state index is 9.94. The lowest BCUT2D eigenvalue weighted by Gasteiger charge is -2.19. The Labute approximate surface area is 92.4 Å². The van der Waals surface area contributed by atoms with Gasteiger partial charge in [0, 0.05) is 11.9 Å². The second kappa shape index (κ2) is 6.57. The van der Waals surface area contributed by atoms with Crippen molar-refractivity contribution in [2.24, 2.45) is 5.92 Å². The van der Waals surface area contributed by atoms with Crippen LogP contribution in [0.4, 0.5) is 0 Å². The van der Waals surface area contributed by atoms with Crippen molar-refractivity contribution in [3.8, 4) is 0 Å². The smallest absolute Gasteiger partial charge is 0.0571 e. The van der Waals surface area contributed by atoms with Crippen molar-refractivity contribution >= 4 is 0 Å². The Kier molecular flexibility index (Phi) is 5.33. The van der Waals surface area contributed by atoms with E-state index in [-0.39, 0.29) is 6.10 Å². The van der Waals surface area contributed by atoms with Crippen LogP contribution in [-0.2, 0) is 6.42 Å². The molecule has 0 aliphatic heterocycles. The molecule has 1 unspecified atom stereocenters. The van der Waals surface area contributed by atoms with Gasteiger partial charge in [-0.2, -0.15) is 0 Å². The quantitative estimate of drug-likeness (QED) is 0.778. The minimum atomic E-state index is -0.179. The van der Waals surface area contributed by atoms with Gasteiger partial charge in [0.25, 0.3) is 0 Å². The maximum Gasteiger partial charge on any atom is 0.0571 e. The van der Waals surface area contributed by atoms with Gasteiger partial charge in [0.05, 0.1) is 6.10 Å². The lowest BCUT2D eigenvalue weighted by atomic mass is 9.93. The first kappa shape index (κ1) is 12.2. The molecule has 1 heterocycles. The summed E-state index contributed by atoms with van der Waals surface area (Å²) in [6.45, 7) is 4.27. The van der Waals surface area contributed by atoms with Crippen LogP contribution in [0, 0.1) is 5.92 Å². The van der Waals surface area contributed by atoms with Crippen molar-refractivity contribution < 1.29 is 5.11 Å². The first-order valence-corrected chi connectivity index (χ1v) is 5.85. The third-order valence-electron chi connectivity index (χ3n) is 3.02. The van der Waals surface area contributed by atoms with Crippen LogP contribution in [0.3, 0.4) is 0 Å². The number of hydrogen-bond donors (Lipinski definition) is 1. The number of aromatic nitrogens is 1. The number of aryl methyl sites for hydroxylation is 1. The topological polar surface area (TPSA) is 33.1 Å². The molecule has 1 atom stereocenters. The zero-order valence-electron chi connectivity index (χ0n) is 9.69. The van der Waals surface area contributed by atoms with Gasteiger partial charge >= 0.3 is 0 Å². The normalized spacial score (nSPS) is 13.1. The summed E-state index contributed by atoms with van der Waals surface area (Å²) in [5.74, 6) is 0.439. The molecular formula is C13H21NO. The molecule has 1 aromatic heterocycles. The average molecular weight is 207 g/mol. The van der Waals surface area contributed by atoms with Crippen molar-refractivity contribution in [3.63, 3.8) is 0 Å². The van der Waals surface area contributed by atoms with E-state index in [1.165, 1.54) is 0 Å². The van der Waals surface area contributed by atoms with Gasteiger partial charge in [0.2, 0.25) is 0 Å². The second-order valence-corrected chi connectivity index (χ2v) is 4.00. The van der Waals surface area contributed by atoms with E-state index in [1.807, 2.05) is 18.2 Å². The van der Waals surface area contributed by atoms with Crippen LogP contribution >= 0.6 is 0 Å². The summed E-state index contributed by atoms with van der Waals surface area (Å²) in [5, 5.41) is 9.94. The second-order valence-electron chi connectivity index (χ2n) is 4.00. The number of aliphatic hydroxyl groups excluding tert-OH is 1. The predicted molar refractivity (Wildman–Crippen MR) is 62.6 cm³/mol. The van der Waals surface area contributed by atoms with E-state index in [9.17, 15) is 5.11 Å². The molecule has 1 N–H and O–H groups in total. The molecule has 15 heavy (non-hydrogen) atoms. The van der Waals surface area contributed by atoms with E-state index >= 15 is 0 Å². The van der Waals surface area contributed by atoms with E-state index in [4.69, 9.17) is 0 Å². The summed E-state index contributed by atoms with van der Waals surface area (Å²) in [6.07, 6.45) is 5.43. The van der Waals surface area contributed by atoms with Gasteiger partial charge in [-0.05, 0) is 30.9 Å². The zero-order chi connectivity index (χ0) is 11.1.